The van der Waals surface area contributed by atoms with Gasteiger partial charge in [0.1, 0.15) is 5.82 Å². The number of rotatable bonds is 4. The van der Waals surface area contributed by atoms with E-state index >= 15 is 0 Å². The predicted molar refractivity (Wildman–Crippen MR) is 84.6 cm³/mol. The maximum atomic E-state index is 13.3. The van der Waals surface area contributed by atoms with E-state index in [-0.39, 0.29) is 23.7 Å². The highest BCUT2D eigenvalue weighted by molar-refractivity contribution is 5.79. The van der Waals surface area contributed by atoms with Crippen LogP contribution in [0.15, 0.2) is 24.3 Å². The van der Waals surface area contributed by atoms with Gasteiger partial charge in [0, 0.05) is 19.6 Å². The van der Waals surface area contributed by atoms with Crippen LogP contribution in [-0.2, 0) is 20.7 Å². The molecule has 1 saturated carbocycles. The lowest BCUT2D eigenvalue weighted by atomic mass is 9.89. The molecule has 2 atom stereocenters. The second kappa shape index (κ2) is 6.97. The Morgan fingerprint density at radius 2 is 2.39 bits per heavy atom. The third kappa shape index (κ3) is 3.56. The van der Waals surface area contributed by atoms with Crippen LogP contribution in [0.1, 0.15) is 24.8 Å². The molecule has 1 aliphatic carbocycles. The number of ether oxygens (including phenoxy) is 2. The molecular weight excluding hydrogens is 297 g/mol. The number of carbonyl (C=O) groups excluding carboxylic acids is 1. The average molecular weight is 321 g/mol. The molecule has 0 radical (unpaired) electrons. The zero-order chi connectivity index (χ0) is 16.3. The van der Waals surface area contributed by atoms with Gasteiger partial charge in [-0.05, 0) is 30.5 Å². The molecule has 1 aromatic rings. The van der Waals surface area contributed by atoms with Gasteiger partial charge < -0.3 is 14.4 Å². The number of carbonyl (C=O) groups is 1. The van der Waals surface area contributed by atoms with Crippen LogP contribution in [0.4, 0.5) is 4.39 Å². The first-order valence-corrected chi connectivity index (χ1v) is 8.28. The van der Waals surface area contributed by atoms with Crippen molar-refractivity contribution >= 4 is 5.91 Å². The van der Waals surface area contributed by atoms with Gasteiger partial charge in [-0.25, -0.2) is 4.39 Å². The molecule has 1 spiro atoms. The molecule has 0 aromatic heterocycles. The summed E-state index contributed by atoms with van der Waals surface area (Å²) in [5, 5.41) is 0. The number of halogens is 1. The fourth-order valence-corrected chi connectivity index (χ4v) is 3.90. The third-order valence-corrected chi connectivity index (χ3v) is 5.07. The van der Waals surface area contributed by atoms with Gasteiger partial charge in [0.25, 0.3) is 0 Å². The molecule has 0 bridgehead atoms. The summed E-state index contributed by atoms with van der Waals surface area (Å²) in [6.45, 7) is 2.46. The van der Waals surface area contributed by atoms with E-state index in [1.807, 2.05) is 4.90 Å². The molecule has 1 aromatic carbocycles. The van der Waals surface area contributed by atoms with Gasteiger partial charge in [-0.3, -0.25) is 4.79 Å². The first-order valence-electron chi connectivity index (χ1n) is 8.28. The standard InChI is InChI=1S/C18H24FNO3/c1-22-12-15-5-3-7-18(15)13-20(8-9-23-18)17(21)11-14-4-2-6-16(19)10-14/h2,4,6,10,15H,3,5,7-9,11-13H2,1H3/t15-,18-/m0/s1. The van der Waals surface area contributed by atoms with Crippen molar-refractivity contribution in [2.24, 2.45) is 5.92 Å². The molecule has 4 nitrogen and oxygen atoms in total. The number of hydrogen-bond donors (Lipinski definition) is 0. The van der Waals surface area contributed by atoms with Gasteiger partial charge in [-0.2, -0.15) is 0 Å². The highest BCUT2D eigenvalue weighted by Crippen LogP contribution is 2.41. The number of amides is 1. The summed E-state index contributed by atoms with van der Waals surface area (Å²) in [5.74, 6) is 0.0864. The Labute approximate surface area is 136 Å². The number of methoxy groups -OCH3 is 1. The molecule has 126 valence electrons. The van der Waals surface area contributed by atoms with E-state index in [9.17, 15) is 9.18 Å². The third-order valence-electron chi connectivity index (χ3n) is 5.07. The van der Waals surface area contributed by atoms with Crippen molar-refractivity contribution in [3.05, 3.63) is 35.6 Å². The summed E-state index contributed by atoms with van der Waals surface area (Å²) in [5.41, 5.74) is 0.460. The van der Waals surface area contributed by atoms with Crippen molar-refractivity contribution in [3.63, 3.8) is 0 Å². The lowest BCUT2D eigenvalue weighted by molar-refractivity contribution is -0.160. The fraction of sp³-hybridized carbons (Fsp3) is 0.611. The van der Waals surface area contributed by atoms with Crippen molar-refractivity contribution in [1.29, 1.82) is 0 Å². The van der Waals surface area contributed by atoms with Crippen molar-refractivity contribution in [2.45, 2.75) is 31.3 Å². The highest BCUT2D eigenvalue weighted by Gasteiger charge is 2.47. The van der Waals surface area contributed by atoms with E-state index in [1.54, 1.807) is 19.2 Å². The first kappa shape index (κ1) is 16.4. The van der Waals surface area contributed by atoms with Gasteiger partial charge in [0.2, 0.25) is 5.91 Å². The molecule has 1 saturated heterocycles. The van der Waals surface area contributed by atoms with Crippen LogP contribution in [0, 0.1) is 11.7 Å². The fourth-order valence-electron chi connectivity index (χ4n) is 3.90. The van der Waals surface area contributed by atoms with Crippen LogP contribution >= 0.6 is 0 Å². The predicted octanol–water partition coefficient (Wildman–Crippen LogP) is 2.41. The number of morpholine rings is 1. The van der Waals surface area contributed by atoms with E-state index in [1.165, 1.54) is 12.1 Å². The summed E-state index contributed by atoms with van der Waals surface area (Å²) in [4.78, 5) is 14.5. The van der Waals surface area contributed by atoms with Crippen LogP contribution in [0.25, 0.3) is 0 Å². The monoisotopic (exact) mass is 321 g/mol. The smallest absolute Gasteiger partial charge is 0.227 e. The Morgan fingerprint density at radius 1 is 1.52 bits per heavy atom. The number of nitrogens with zero attached hydrogens (tertiary/aromatic N) is 1. The van der Waals surface area contributed by atoms with E-state index in [4.69, 9.17) is 9.47 Å². The Hall–Kier alpha value is -1.46. The van der Waals surface area contributed by atoms with Crippen molar-refractivity contribution in [2.75, 3.05) is 33.4 Å². The normalized spacial score (nSPS) is 27.6. The van der Waals surface area contributed by atoms with Crippen LogP contribution in [0.3, 0.4) is 0 Å². The summed E-state index contributed by atoms with van der Waals surface area (Å²) in [6.07, 6.45) is 3.41. The van der Waals surface area contributed by atoms with Crippen LogP contribution < -0.4 is 0 Å². The van der Waals surface area contributed by atoms with Gasteiger partial charge >= 0.3 is 0 Å². The van der Waals surface area contributed by atoms with Crippen LogP contribution in [0.2, 0.25) is 0 Å². The second-order valence-electron chi connectivity index (χ2n) is 6.58. The summed E-state index contributed by atoms with van der Waals surface area (Å²) in [7, 11) is 1.71. The largest absolute Gasteiger partial charge is 0.384 e. The zero-order valence-corrected chi connectivity index (χ0v) is 13.6. The minimum Gasteiger partial charge on any atom is -0.384 e. The van der Waals surface area contributed by atoms with Gasteiger partial charge in [-0.1, -0.05) is 18.6 Å². The summed E-state index contributed by atoms with van der Waals surface area (Å²) >= 11 is 0. The van der Waals surface area contributed by atoms with Gasteiger partial charge in [0.05, 0.1) is 31.8 Å². The van der Waals surface area contributed by atoms with E-state index in [2.05, 4.69) is 0 Å². The van der Waals surface area contributed by atoms with Gasteiger partial charge in [-0.15, -0.1) is 0 Å². The van der Waals surface area contributed by atoms with Crippen LogP contribution in [0.5, 0.6) is 0 Å². The lowest BCUT2D eigenvalue weighted by Crippen LogP contribution is -2.56. The Morgan fingerprint density at radius 3 is 3.17 bits per heavy atom. The Kier molecular flexibility index (Phi) is 4.97. The summed E-state index contributed by atoms with van der Waals surface area (Å²) < 4.78 is 24.7. The van der Waals surface area contributed by atoms with Crippen molar-refractivity contribution < 1.29 is 18.7 Å². The van der Waals surface area contributed by atoms with E-state index in [0.717, 1.165) is 24.8 Å². The number of hydrogen-bond acceptors (Lipinski definition) is 3. The summed E-state index contributed by atoms with van der Waals surface area (Å²) in [6, 6.07) is 6.26. The Bertz CT molecular complexity index is 565. The molecule has 1 amide bonds. The molecule has 1 aliphatic heterocycles. The molecule has 2 aliphatic rings. The second-order valence-corrected chi connectivity index (χ2v) is 6.58. The molecule has 1 heterocycles. The maximum Gasteiger partial charge on any atom is 0.227 e. The Balaban J connectivity index is 1.67. The SMILES string of the molecule is COC[C@@H]1CCC[C@]12CN(C(=O)Cc1cccc(F)c1)CCO2. The number of benzene rings is 1. The van der Waals surface area contributed by atoms with Gasteiger partial charge in [0.15, 0.2) is 0 Å². The first-order chi connectivity index (χ1) is 11.1. The van der Waals surface area contributed by atoms with Crippen molar-refractivity contribution in [1.82, 2.24) is 4.90 Å². The van der Waals surface area contributed by atoms with E-state index in [0.29, 0.717) is 32.2 Å². The molecule has 2 fully saturated rings. The quantitative estimate of drug-likeness (QED) is 0.855. The molecule has 5 heteroatoms. The minimum atomic E-state index is -0.301. The highest BCUT2D eigenvalue weighted by atomic mass is 19.1. The lowest BCUT2D eigenvalue weighted by Gasteiger charge is -2.44. The molecule has 0 unspecified atom stereocenters. The van der Waals surface area contributed by atoms with E-state index < -0.39 is 0 Å². The maximum absolute atomic E-state index is 13.3. The average Bonchev–Trinajstić information content (AvgIpc) is 2.90. The topological polar surface area (TPSA) is 38.8 Å². The molecule has 0 N–H and O–H groups in total. The minimum absolute atomic E-state index is 0.0429. The van der Waals surface area contributed by atoms with Crippen LogP contribution in [-0.4, -0.2) is 49.8 Å². The molecular formula is C18H24FNO3. The molecule has 3 rings (SSSR count). The zero-order valence-electron chi connectivity index (χ0n) is 13.6. The molecule has 23 heavy (non-hydrogen) atoms. The van der Waals surface area contributed by atoms with Crippen molar-refractivity contribution in [3.8, 4) is 0 Å².